The molecule has 0 aromatic heterocycles. The van der Waals surface area contributed by atoms with Crippen LogP contribution in [0.4, 0.5) is 8.78 Å². The smallest absolute Gasteiger partial charge is 0.352 e. The Morgan fingerprint density at radius 1 is 1.22 bits per heavy atom. The molecule has 23 heavy (non-hydrogen) atoms. The van der Waals surface area contributed by atoms with Gasteiger partial charge in [0, 0.05) is 18.5 Å². The maximum atomic E-state index is 14.5. The molecule has 1 saturated heterocycles. The lowest BCUT2D eigenvalue weighted by Crippen LogP contribution is -2.67. The number of benzene rings is 1. The van der Waals surface area contributed by atoms with E-state index >= 15 is 0 Å². The zero-order chi connectivity index (χ0) is 16.7. The molecular formula is C18H23F2NO2. The van der Waals surface area contributed by atoms with E-state index in [2.05, 4.69) is 0 Å². The van der Waals surface area contributed by atoms with Gasteiger partial charge in [0.1, 0.15) is 5.60 Å². The van der Waals surface area contributed by atoms with Crippen molar-refractivity contribution in [3.05, 3.63) is 35.9 Å². The molecule has 1 heterocycles. The molecule has 1 aliphatic carbocycles. The molecule has 1 aromatic rings. The van der Waals surface area contributed by atoms with E-state index in [9.17, 15) is 18.7 Å². The van der Waals surface area contributed by atoms with Crippen molar-refractivity contribution in [1.29, 1.82) is 0 Å². The van der Waals surface area contributed by atoms with Crippen LogP contribution in [0.15, 0.2) is 30.3 Å². The van der Waals surface area contributed by atoms with E-state index in [1.165, 1.54) is 4.90 Å². The predicted molar refractivity (Wildman–Crippen MR) is 83.4 cm³/mol. The van der Waals surface area contributed by atoms with Crippen LogP contribution in [0.3, 0.4) is 0 Å². The summed E-state index contributed by atoms with van der Waals surface area (Å²) in [6.45, 7) is 2.59. The molecule has 1 N–H and O–H groups in total. The van der Waals surface area contributed by atoms with Crippen LogP contribution in [-0.2, 0) is 10.2 Å². The highest BCUT2D eigenvalue weighted by Crippen LogP contribution is 2.46. The monoisotopic (exact) mass is 323 g/mol. The molecule has 1 aliphatic heterocycles. The fraction of sp³-hybridized carbons (Fsp3) is 0.611. The number of aliphatic hydroxyl groups is 1. The molecule has 0 radical (unpaired) electrons. The fourth-order valence-corrected chi connectivity index (χ4v) is 3.90. The van der Waals surface area contributed by atoms with E-state index in [0.29, 0.717) is 12.8 Å². The van der Waals surface area contributed by atoms with E-state index in [1.807, 2.05) is 37.3 Å². The van der Waals surface area contributed by atoms with Gasteiger partial charge >= 0.3 is 5.92 Å². The van der Waals surface area contributed by atoms with Crippen molar-refractivity contribution in [1.82, 2.24) is 4.90 Å². The molecule has 2 fully saturated rings. The summed E-state index contributed by atoms with van der Waals surface area (Å²) in [6.07, 6.45) is 1.87. The largest absolute Gasteiger partial charge is 0.383 e. The van der Waals surface area contributed by atoms with Crippen molar-refractivity contribution < 1.29 is 18.7 Å². The van der Waals surface area contributed by atoms with Gasteiger partial charge in [-0.15, -0.1) is 0 Å². The molecule has 0 bridgehead atoms. The van der Waals surface area contributed by atoms with Gasteiger partial charge in [-0.05, 0) is 24.8 Å². The zero-order valence-corrected chi connectivity index (χ0v) is 13.4. The summed E-state index contributed by atoms with van der Waals surface area (Å²) in [5, 5.41) is 10.2. The van der Waals surface area contributed by atoms with E-state index < -0.39 is 17.4 Å². The highest BCUT2D eigenvalue weighted by molar-refractivity contribution is 5.86. The molecular weight excluding hydrogens is 300 g/mol. The number of carbonyl (C=O) groups is 1. The Morgan fingerprint density at radius 3 is 2.30 bits per heavy atom. The van der Waals surface area contributed by atoms with Gasteiger partial charge in [-0.1, -0.05) is 50.1 Å². The first-order valence-corrected chi connectivity index (χ1v) is 8.30. The van der Waals surface area contributed by atoms with Gasteiger partial charge in [0.25, 0.3) is 5.91 Å². The number of hydrogen-bond acceptors (Lipinski definition) is 2. The summed E-state index contributed by atoms with van der Waals surface area (Å²) in [7, 11) is 0. The second-order valence-corrected chi connectivity index (χ2v) is 6.97. The summed E-state index contributed by atoms with van der Waals surface area (Å²) in [5.41, 5.74) is -1.33. The summed E-state index contributed by atoms with van der Waals surface area (Å²) < 4.78 is 29.0. The maximum absolute atomic E-state index is 14.5. The summed E-state index contributed by atoms with van der Waals surface area (Å²) in [5.74, 6) is -4.91. The third-order valence-electron chi connectivity index (χ3n) is 5.62. The Hall–Kier alpha value is -1.49. The topological polar surface area (TPSA) is 40.5 Å². The molecule has 0 unspecified atom stereocenters. The van der Waals surface area contributed by atoms with E-state index in [4.69, 9.17) is 0 Å². The molecule has 0 spiro atoms. The van der Waals surface area contributed by atoms with E-state index in [1.54, 1.807) is 0 Å². The van der Waals surface area contributed by atoms with Crippen molar-refractivity contribution >= 4 is 5.91 Å². The number of likely N-dealkylation sites (tertiary alicyclic amines) is 1. The molecule has 1 saturated carbocycles. The minimum Gasteiger partial charge on any atom is -0.383 e. The van der Waals surface area contributed by atoms with Crippen LogP contribution in [0.2, 0.25) is 0 Å². The maximum Gasteiger partial charge on any atom is 0.352 e. The first kappa shape index (κ1) is 16.4. The van der Waals surface area contributed by atoms with Gasteiger partial charge in [0.05, 0.1) is 0 Å². The van der Waals surface area contributed by atoms with E-state index in [0.717, 1.165) is 12.0 Å². The molecule has 1 amide bonds. The quantitative estimate of drug-likeness (QED) is 0.925. The average molecular weight is 323 g/mol. The van der Waals surface area contributed by atoms with Gasteiger partial charge in [0.2, 0.25) is 0 Å². The van der Waals surface area contributed by atoms with Crippen molar-refractivity contribution in [3.63, 3.8) is 0 Å². The molecule has 5 heteroatoms. The van der Waals surface area contributed by atoms with Crippen molar-refractivity contribution in [3.8, 4) is 0 Å². The summed E-state index contributed by atoms with van der Waals surface area (Å²) in [6, 6.07) is 9.72. The zero-order valence-electron chi connectivity index (χ0n) is 13.4. The summed E-state index contributed by atoms with van der Waals surface area (Å²) >= 11 is 0. The fourth-order valence-electron chi connectivity index (χ4n) is 3.90. The van der Waals surface area contributed by atoms with Crippen LogP contribution in [0, 0.1) is 0 Å². The van der Waals surface area contributed by atoms with Crippen LogP contribution in [0.25, 0.3) is 0 Å². The van der Waals surface area contributed by atoms with Gasteiger partial charge < -0.3 is 10.0 Å². The molecule has 1 aromatic carbocycles. The Kier molecular flexibility index (Phi) is 3.95. The number of alkyl halides is 2. The predicted octanol–water partition coefficient (Wildman–Crippen LogP) is 3.12. The summed E-state index contributed by atoms with van der Waals surface area (Å²) in [4.78, 5) is 13.5. The number of hydrogen-bond donors (Lipinski definition) is 1. The van der Waals surface area contributed by atoms with Crippen LogP contribution in [-0.4, -0.2) is 40.5 Å². The lowest BCUT2D eigenvalue weighted by atomic mass is 9.71. The van der Waals surface area contributed by atoms with Crippen LogP contribution in [0.5, 0.6) is 0 Å². The Labute approximate surface area is 135 Å². The number of halogens is 2. The minimum absolute atomic E-state index is 0.00279. The number of amides is 1. The number of rotatable bonds is 4. The molecule has 0 atom stereocenters. The van der Waals surface area contributed by atoms with Crippen molar-refractivity contribution in [2.75, 3.05) is 13.1 Å². The highest BCUT2D eigenvalue weighted by Gasteiger charge is 2.62. The second-order valence-electron chi connectivity index (χ2n) is 6.97. The number of nitrogens with zero attached hydrogens (tertiary/aromatic N) is 1. The molecule has 2 aliphatic rings. The van der Waals surface area contributed by atoms with Crippen molar-refractivity contribution in [2.24, 2.45) is 0 Å². The Bertz CT molecular complexity index is 576. The lowest BCUT2D eigenvalue weighted by Gasteiger charge is -2.52. The Morgan fingerprint density at radius 2 is 1.78 bits per heavy atom. The number of carbonyl (C=O) groups excluding carboxylic acids is 1. The highest BCUT2D eigenvalue weighted by atomic mass is 19.3. The van der Waals surface area contributed by atoms with Crippen LogP contribution >= 0.6 is 0 Å². The van der Waals surface area contributed by atoms with Crippen LogP contribution < -0.4 is 0 Å². The second kappa shape index (κ2) is 5.55. The van der Waals surface area contributed by atoms with Crippen molar-refractivity contribution in [2.45, 2.75) is 56.0 Å². The first-order valence-electron chi connectivity index (χ1n) is 8.30. The van der Waals surface area contributed by atoms with Crippen LogP contribution in [0.1, 0.15) is 44.6 Å². The Balaban J connectivity index is 1.74. The SMILES string of the molecule is CCC1(c2ccccc2)CN(C(=O)C(F)(F)C2(O)CCCC2)C1. The standard InChI is InChI=1S/C18H23F2NO2/c1-2-16(14-8-4-3-5-9-14)12-21(13-16)15(22)18(19,20)17(23)10-6-7-11-17/h3-5,8-9,23H,2,6-7,10-13H2,1H3. The van der Waals surface area contributed by atoms with Gasteiger partial charge in [-0.25, -0.2) is 0 Å². The van der Waals surface area contributed by atoms with Gasteiger partial charge in [0.15, 0.2) is 0 Å². The van der Waals surface area contributed by atoms with Gasteiger partial charge in [-0.3, -0.25) is 4.79 Å². The minimum atomic E-state index is -3.69. The molecule has 3 rings (SSSR count). The van der Waals surface area contributed by atoms with E-state index in [-0.39, 0.29) is 31.3 Å². The molecule has 3 nitrogen and oxygen atoms in total. The lowest BCUT2D eigenvalue weighted by molar-refractivity contribution is -0.206. The third-order valence-corrected chi connectivity index (χ3v) is 5.62. The average Bonchev–Trinajstić information content (AvgIpc) is 2.96. The van der Waals surface area contributed by atoms with Gasteiger partial charge in [-0.2, -0.15) is 8.78 Å². The normalized spacial score (nSPS) is 22.7. The third kappa shape index (κ3) is 2.45. The first-order chi connectivity index (χ1) is 10.8. The molecule has 126 valence electrons.